The first-order valence-electron chi connectivity index (χ1n) is 6.47. The molecule has 0 spiro atoms. The molecule has 0 saturated carbocycles. The summed E-state index contributed by atoms with van der Waals surface area (Å²) < 4.78 is 1.59. The zero-order valence-electron chi connectivity index (χ0n) is 11.9. The van der Waals surface area contributed by atoms with Gasteiger partial charge in [0.2, 0.25) is 0 Å². The summed E-state index contributed by atoms with van der Waals surface area (Å²) in [5.74, 6) is 0. The highest BCUT2D eigenvalue weighted by molar-refractivity contribution is 5.82. The second-order valence-electron chi connectivity index (χ2n) is 3.92. The molecule has 0 bridgehead atoms. The van der Waals surface area contributed by atoms with Gasteiger partial charge in [0.05, 0.1) is 16.7 Å². The maximum Gasteiger partial charge on any atom is 0.326 e. The number of H-pyrrole nitrogens is 1. The zero-order chi connectivity index (χ0) is 14.3. The summed E-state index contributed by atoms with van der Waals surface area (Å²) in [4.78, 5) is 18.4. The first-order valence-corrected chi connectivity index (χ1v) is 6.47. The molecule has 0 saturated heterocycles. The topological polar surface area (TPSA) is 59.4 Å². The molecule has 19 heavy (non-hydrogen) atoms. The van der Waals surface area contributed by atoms with E-state index in [2.05, 4.69) is 15.0 Å². The van der Waals surface area contributed by atoms with Gasteiger partial charge < -0.3 is 9.82 Å². The summed E-state index contributed by atoms with van der Waals surface area (Å²) in [6, 6.07) is 7.61. The van der Waals surface area contributed by atoms with Crippen LogP contribution in [0.2, 0.25) is 0 Å². The van der Waals surface area contributed by atoms with Gasteiger partial charge in [0.1, 0.15) is 6.61 Å². The fourth-order valence-electron chi connectivity index (χ4n) is 1.58. The van der Waals surface area contributed by atoms with E-state index in [1.54, 1.807) is 11.6 Å². The third-order valence-corrected chi connectivity index (χ3v) is 2.59. The van der Waals surface area contributed by atoms with E-state index in [4.69, 9.17) is 0 Å². The van der Waals surface area contributed by atoms with E-state index in [0.29, 0.717) is 0 Å². The van der Waals surface area contributed by atoms with E-state index in [0.717, 1.165) is 29.8 Å². The average Bonchev–Trinajstić information content (AvgIpc) is 3.02. The van der Waals surface area contributed by atoms with Crippen molar-refractivity contribution < 1.29 is 4.84 Å². The normalized spacial score (nSPS) is 12.7. The smallest absolute Gasteiger partial charge is 0.326 e. The number of rotatable bonds is 0. The van der Waals surface area contributed by atoms with Crippen LogP contribution in [-0.4, -0.2) is 21.9 Å². The van der Waals surface area contributed by atoms with Gasteiger partial charge >= 0.3 is 5.69 Å². The van der Waals surface area contributed by atoms with Gasteiger partial charge in [-0.15, -0.1) is 0 Å². The molecule has 0 aliphatic carbocycles. The van der Waals surface area contributed by atoms with Crippen LogP contribution in [0.1, 0.15) is 27.2 Å². The highest BCUT2D eigenvalue weighted by atomic mass is 16.6. The van der Waals surface area contributed by atoms with Crippen molar-refractivity contribution in [1.29, 1.82) is 0 Å². The van der Waals surface area contributed by atoms with E-state index < -0.39 is 0 Å². The van der Waals surface area contributed by atoms with Crippen molar-refractivity contribution in [2.75, 3.05) is 6.61 Å². The van der Waals surface area contributed by atoms with E-state index in [1.807, 2.05) is 45.0 Å². The Hall–Kier alpha value is -2.04. The fraction of sp³-hybridized carbons (Fsp3) is 0.429. The van der Waals surface area contributed by atoms with Crippen LogP contribution in [0.4, 0.5) is 0 Å². The van der Waals surface area contributed by atoms with Crippen molar-refractivity contribution in [3.05, 3.63) is 34.7 Å². The van der Waals surface area contributed by atoms with Crippen molar-refractivity contribution >= 4 is 16.7 Å². The Kier molecular flexibility index (Phi) is 5.85. The zero-order valence-corrected chi connectivity index (χ0v) is 11.9. The number of benzene rings is 1. The highest BCUT2D eigenvalue weighted by Gasteiger charge is 1.99. The molecule has 5 nitrogen and oxygen atoms in total. The number of para-hydroxylation sites is 2. The van der Waals surface area contributed by atoms with Crippen molar-refractivity contribution in [1.82, 2.24) is 9.55 Å². The monoisotopic (exact) mass is 263 g/mol. The molecular formula is C14H21N3O2. The van der Waals surface area contributed by atoms with Crippen LogP contribution < -0.4 is 5.69 Å². The summed E-state index contributed by atoms with van der Waals surface area (Å²) in [6.45, 7) is 6.75. The fourth-order valence-corrected chi connectivity index (χ4v) is 1.58. The van der Waals surface area contributed by atoms with E-state index >= 15 is 0 Å². The molecule has 0 amide bonds. The lowest BCUT2D eigenvalue weighted by Crippen LogP contribution is -2.11. The molecule has 5 heteroatoms. The second kappa shape index (κ2) is 7.41. The number of fused-ring (bicyclic) bond motifs is 1. The lowest BCUT2D eigenvalue weighted by atomic mass is 10.3. The molecule has 0 radical (unpaired) electrons. The molecule has 1 N–H and O–H groups in total. The van der Waals surface area contributed by atoms with Gasteiger partial charge in [-0.25, -0.2) is 4.79 Å². The molecule has 0 fully saturated rings. The molecule has 3 rings (SSSR count). The van der Waals surface area contributed by atoms with E-state index in [9.17, 15) is 4.79 Å². The minimum absolute atomic E-state index is 0.0637. The number of hydrogen-bond acceptors (Lipinski definition) is 3. The molecule has 1 aliphatic rings. The Balaban J connectivity index is 0.000000192. The molecule has 0 atom stereocenters. The molecular weight excluding hydrogens is 242 g/mol. The molecule has 104 valence electrons. The predicted octanol–water partition coefficient (Wildman–Crippen LogP) is 2.68. The molecule has 2 aromatic rings. The Bertz CT molecular complexity index is 596. The van der Waals surface area contributed by atoms with Crippen LogP contribution in [0.15, 0.2) is 34.2 Å². The second-order valence-corrected chi connectivity index (χ2v) is 3.92. The van der Waals surface area contributed by atoms with Crippen molar-refractivity contribution in [2.45, 2.75) is 27.2 Å². The lowest BCUT2D eigenvalue weighted by Gasteiger charge is -1.89. The van der Waals surface area contributed by atoms with Gasteiger partial charge in [0.25, 0.3) is 0 Å². The Morgan fingerprint density at radius 1 is 1.32 bits per heavy atom. The number of aromatic amines is 1. The van der Waals surface area contributed by atoms with Gasteiger partial charge in [-0.3, -0.25) is 4.57 Å². The largest absolute Gasteiger partial charge is 0.395 e. The maximum absolute atomic E-state index is 11.0. The minimum Gasteiger partial charge on any atom is -0.395 e. The highest BCUT2D eigenvalue weighted by Crippen LogP contribution is 2.06. The summed E-state index contributed by atoms with van der Waals surface area (Å²) in [6.07, 6.45) is 1.01. The van der Waals surface area contributed by atoms with Crippen molar-refractivity contribution in [2.24, 2.45) is 12.2 Å². The number of imidazole rings is 1. The summed E-state index contributed by atoms with van der Waals surface area (Å²) in [5.41, 5.74) is 2.87. The van der Waals surface area contributed by atoms with E-state index in [1.165, 1.54) is 0 Å². The summed E-state index contributed by atoms with van der Waals surface area (Å²) in [5, 5.41) is 3.65. The van der Waals surface area contributed by atoms with Crippen molar-refractivity contribution in [3.63, 3.8) is 0 Å². The van der Waals surface area contributed by atoms with Crippen LogP contribution in [0.3, 0.4) is 0 Å². The van der Waals surface area contributed by atoms with Gasteiger partial charge in [-0.2, -0.15) is 0 Å². The number of hydrogen-bond donors (Lipinski definition) is 1. The number of nitrogens with zero attached hydrogens (tertiary/aromatic N) is 2. The first kappa shape index (κ1) is 15.0. The molecule has 2 heterocycles. The average molecular weight is 263 g/mol. The number of nitrogens with one attached hydrogen (secondary N) is 1. The molecule has 1 aromatic heterocycles. The van der Waals surface area contributed by atoms with Crippen LogP contribution in [0.25, 0.3) is 11.0 Å². The van der Waals surface area contributed by atoms with E-state index in [-0.39, 0.29) is 5.69 Å². The Morgan fingerprint density at radius 2 is 2.00 bits per heavy atom. The molecule has 0 unspecified atom stereocenters. The quantitative estimate of drug-likeness (QED) is 0.794. The van der Waals surface area contributed by atoms with Crippen LogP contribution in [0.5, 0.6) is 0 Å². The first-order chi connectivity index (χ1) is 9.18. The summed E-state index contributed by atoms with van der Waals surface area (Å²) >= 11 is 0. The Labute approximate surface area is 112 Å². The van der Waals surface area contributed by atoms with Gasteiger partial charge in [0, 0.05) is 13.5 Å². The number of aryl methyl sites for hydroxylation is 1. The number of oxime groups is 1. The van der Waals surface area contributed by atoms with Crippen molar-refractivity contribution in [3.8, 4) is 0 Å². The van der Waals surface area contributed by atoms with Crippen LogP contribution in [0, 0.1) is 0 Å². The maximum atomic E-state index is 11.0. The van der Waals surface area contributed by atoms with Crippen LogP contribution in [-0.2, 0) is 11.9 Å². The van der Waals surface area contributed by atoms with Gasteiger partial charge in [0.15, 0.2) is 0 Å². The summed E-state index contributed by atoms with van der Waals surface area (Å²) in [7, 11) is 1.75. The van der Waals surface area contributed by atoms with Gasteiger partial charge in [-0.05, 0) is 19.1 Å². The standard InChI is InChI=1S/C8H8N2O.C4H7NO.C2H6/c1-10-7-5-3-2-4-6(7)9-8(10)11;1-4-2-3-6-5-4;1-2/h2-5H,1H3,(H,9,11);2-3H2,1H3;1-2H3. The Morgan fingerprint density at radius 3 is 2.47 bits per heavy atom. The predicted molar refractivity (Wildman–Crippen MR) is 78.6 cm³/mol. The van der Waals surface area contributed by atoms with Gasteiger partial charge in [-0.1, -0.05) is 31.1 Å². The van der Waals surface area contributed by atoms with Crippen LogP contribution >= 0.6 is 0 Å². The number of aromatic nitrogens is 2. The molecule has 1 aromatic carbocycles. The minimum atomic E-state index is -0.0637. The lowest BCUT2D eigenvalue weighted by molar-refractivity contribution is 0.173. The third kappa shape index (κ3) is 3.98. The SMILES string of the molecule is CC.CC1=NOCC1.Cn1c(=O)[nH]c2ccccc21. The molecule has 1 aliphatic heterocycles. The third-order valence-electron chi connectivity index (χ3n) is 2.59.